The molecule has 2 aliphatic rings. The van der Waals surface area contributed by atoms with E-state index < -0.39 is 0 Å². The number of amides is 1. The van der Waals surface area contributed by atoms with E-state index in [1.807, 2.05) is 43.6 Å². The molecule has 4 rings (SSSR count). The quantitative estimate of drug-likeness (QED) is 0.922. The van der Waals surface area contributed by atoms with Gasteiger partial charge in [0, 0.05) is 44.0 Å². The summed E-state index contributed by atoms with van der Waals surface area (Å²) in [6, 6.07) is 9.85. The molecule has 0 radical (unpaired) electrons. The zero-order chi connectivity index (χ0) is 17.2. The number of pyridine rings is 1. The molecule has 25 heavy (non-hydrogen) atoms. The highest BCUT2D eigenvalue weighted by molar-refractivity contribution is 5.80. The Balaban J connectivity index is 1.53. The second-order valence-electron chi connectivity index (χ2n) is 6.37. The molecule has 6 heteroatoms. The zero-order valence-electron chi connectivity index (χ0n) is 14.1. The molecule has 1 aromatic heterocycles. The minimum Gasteiger partial charge on any atom is -0.486 e. The SMILES string of the molecule is CN1C(=O)C[C@@H](NCc2cccc3c2OCCO3)[C@@H]1c1cccnc1. The third-order valence-corrected chi connectivity index (χ3v) is 4.81. The lowest BCUT2D eigenvalue weighted by Gasteiger charge is -2.26. The summed E-state index contributed by atoms with van der Waals surface area (Å²) in [6.45, 7) is 1.76. The van der Waals surface area contributed by atoms with E-state index in [0.29, 0.717) is 26.2 Å². The average Bonchev–Trinajstić information content (AvgIpc) is 2.94. The van der Waals surface area contributed by atoms with Gasteiger partial charge in [0.25, 0.3) is 0 Å². The summed E-state index contributed by atoms with van der Waals surface area (Å²) >= 11 is 0. The summed E-state index contributed by atoms with van der Waals surface area (Å²) < 4.78 is 11.4. The van der Waals surface area contributed by atoms with Crippen molar-refractivity contribution in [3.63, 3.8) is 0 Å². The van der Waals surface area contributed by atoms with Crippen molar-refractivity contribution in [1.82, 2.24) is 15.2 Å². The maximum Gasteiger partial charge on any atom is 0.224 e. The van der Waals surface area contributed by atoms with E-state index in [4.69, 9.17) is 9.47 Å². The van der Waals surface area contributed by atoms with Gasteiger partial charge in [0.2, 0.25) is 5.91 Å². The number of carbonyl (C=O) groups is 1. The van der Waals surface area contributed by atoms with Crippen molar-refractivity contribution in [2.75, 3.05) is 20.3 Å². The van der Waals surface area contributed by atoms with Gasteiger partial charge in [-0.1, -0.05) is 18.2 Å². The molecule has 1 N–H and O–H groups in total. The Bertz CT molecular complexity index is 766. The molecule has 1 amide bonds. The van der Waals surface area contributed by atoms with Crippen LogP contribution in [0.25, 0.3) is 0 Å². The third kappa shape index (κ3) is 3.05. The molecule has 3 heterocycles. The summed E-state index contributed by atoms with van der Waals surface area (Å²) in [4.78, 5) is 18.2. The number of para-hydroxylation sites is 1. The van der Waals surface area contributed by atoms with Gasteiger partial charge in [-0.15, -0.1) is 0 Å². The lowest BCUT2D eigenvalue weighted by Crippen LogP contribution is -2.35. The largest absolute Gasteiger partial charge is 0.486 e. The van der Waals surface area contributed by atoms with Crippen LogP contribution in [0.1, 0.15) is 23.6 Å². The number of hydrogen-bond donors (Lipinski definition) is 1. The predicted octanol–water partition coefficient (Wildman–Crippen LogP) is 1.91. The Hall–Kier alpha value is -2.60. The number of nitrogens with zero attached hydrogens (tertiary/aromatic N) is 2. The molecule has 6 nitrogen and oxygen atoms in total. The third-order valence-electron chi connectivity index (χ3n) is 4.81. The average molecular weight is 339 g/mol. The number of ether oxygens (including phenoxy) is 2. The van der Waals surface area contributed by atoms with Gasteiger partial charge in [-0.05, 0) is 17.7 Å². The molecule has 130 valence electrons. The van der Waals surface area contributed by atoms with Crippen LogP contribution in [0.2, 0.25) is 0 Å². The predicted molar refractivity (Wildman–Crippen MR) is 92.4 cm³/mol. The first-order valence-electron chi connectivity index (χ1n) is 8.50. The van der Waals surface area contributed by atoms with Crippen LogP contribution in [0.3, 0.4) is 0 Å². The summed E-state index contributed by atoms with van der Waals surface area (Å²) in [7, 11) is 1.85. The fourth-order valence-electron chi connectivity index (χ4n) is 3.57. The van der Waals surface area contributed by atoms with Gasteiger partial charge >= 0.3 is 0 Å². The number of likely N-dealkylation sites (N-methyl/N-ethyl adjacent to an activating group) is 1. The molecular weight excluding hydrogens is 318 g/mol. The molecule has 1 saturated heterocycles. The van der Waals surface area contributed by atoms with Crippen LogP contribution in [0.4, 0.5) is 0 Å². The van der Waals surface area contributed by atoms with Crippen molar-refractivity contribution in [1.29, 1.82) is 0 Å². The highest BCUT2D eigenvalue weighted by Gasteiger charge is 2.38. The smallest absolute Gasteiger partial charge is 0.224 e. The molecule has 2 aliphatic heterocycles. The van der Waals surface area contributed by atoms with E-state index in [2.05, 4.69) is 10.3 Å². The number of aromatic nitrogens is 1. The summed E-state index contributed by atoms with van der Waals surface area (Å²) in [5.41, 5.74) is 2.09. The topological polar surface area (TPSA) is 63.7 Å². The van der Waals surface area contributed by atoms with Crippen LogP contribution >= 0.6 is 0 Å². The van der Waals surface area contributed by atoms with Crippen LogP contribution in [-0.4, -0.2) is 42.1 Å². The Morgan fingerprint density at radius 2 is 2.12 bits per heavy atom. The van der Waals surface area contributed by atoms with Gasteiger partial charge in [-0.3, -0.25) is 9.78 Å². The lowest BCUT2D eigenvalue weighted by molar-refractivity contribution is -0.127. The van der Waals surface area contributed by atoms with Gasteiger partial charge in [0.1, 0.15) is 13.2 Å². The highest BCUT2D eigenvalue weighted by Crippen LogP contribution is 2.35. The standard InChI is InChI=1S/C19H21N3O3/c1-22-17(23)10-15(18(22)13-5-3-7-20-11-13)21-12-14-4-2-6-16-19(14)25-9-8-24-16/h2-7,11,15,18,21H,8-10,12H2,1H3/t15-,18+/m1/s1. The van der Waals surface area contributed by atoms with Gasteiger partial charge in [0.05, 0.1) is 6.04 Å². The van der Waals surface area contributed by atoms with E-state index in [0.717, 1.165) is 22.6 Å². The summed E-state index contributed by atoms with van der Waals surface area (Å²) in [5.74, 6) is 1.73. The minimum absolute atomic E-state index is 0.0158. The normalized spacial score (nSPS) is 22.3. The molecule has 2 aromatic rings. The fourth-order valence-corrected chi connectivity index (χ4v) is 3.57. The second kappa shape index (κ2) is 6.72. The molecule has 0 aliphatic carbocycles. The van der Waals surface area contributed by atoms with Gasteiger partial charge in [-0.25, -0.2) is 0 Å². The number of fused-ring (bicyclic) bond motifs is 1. The van der Waals surface area contributed by atoms with Crippen LogP contribution in [0.5, 0.6) is 11.5 Å². The molecule has 0 bridgehead atoms. The number of benzene rings is 1. The van der Waals surface area contributed by atoms with Crippen LogP contribution < -0.4 is 14.8 Å². The lowest BCUT2D eigenvalue weighted by atomic mass is 10.0. The van der Waals surface area contributed by atoms with Gasteiger partial charge in [0.15, 0.2) is 11.5 Å². The van der Waals surface area contributed by atoms with E-state index in [1.54, 1.807) is 11.1 Å². The molecule has 0 saturated carbocycles. The Kier molecular flexibility index (Phi) is 4.28. The molecule has 1 fully saturated rings. The summed E-state index contributed by atoms with van der Waals surface area (Å²) in [5, 5.41) is 3.53. The van der Waals surface area contributed by atoms with Gasteiger partial charge in [-0.2, -0.15) is 0 Å². The summed E-state index contributed by atoms with van der Waals surface area (Å²) in [6.07, 6.45) is 4.05. The Morgan fingerprint density at radius 1 is 1.24 bits per heavy atom. The van der Waals surface area contributed by atoms with Crippen LogP contribution in [0.15, 0.2) is 42.7 Å². The van der Waals surface area contributed by atoms with Crippen molar-refractivity contribution < 1.29 is 14.3 Å². The van der Waals surface area contributed by atoms with Crippen molar-refractivity contribution >= 4 is 5.91 Å². The monoisotopic (exact) mass is 339 g/mol. The molecule has 0 unspecified atom stereocenters. The van der Waals surface area contributed by atoms with Crippen LogP contribution in [-0.2, 0) is 11.3 Å². The van der Waals surface area contributed by atoms with Crippen molar-refractivity contribution in [2.45, 2.75) is 25.0 Å². The molecule has 2 atom stereocenters. The fraction of sp³-hybridized carbons (Fsp3) is 0.368. The van der Waals surface area contributed by atoms with Crippen molar-refractivity contribution in [3.8, 4) is 11.5 Å². The van der Waals surface area contributed by atoms with E-state index in [9.17, 15) is 4.79 Å². The maximum absolute atomic E-state index is 12.2. The minimum atomic E-state index is -0.0158. The second-order valence-corrected chi connectivity index (χ2v) is 6.37. The first-order chi connectivity index (χ1) is 12.2. The Morgan fingerprint density at radius 3 is 2.96 bits per heavy atom. The molecule has 1 aromatic carbocycles. The van der Waals surface area contributed by atoms with Crippen molar-refractivity contribution in [3.05, 3.63) is 53.9 Å². The number of hydrogen-bond acceptors (Lipinski definition) is 5. The van der Waals surface area contributed by atoms with E-state index in [1.165, 1.54) is 0 Å². The molecular formula is C19H21N3O3. The van der Waals surface area contributed by atoms with Crippen LogP contribution in [0, 0.1) is 0 Å². The first-order valence-corrected chi connectivity index (χ1v) is 8.50. The number of likely N-dealkylation sites (tertiary alicyclic amines) is 1. The zero-order valence-corrected chi connectivity index (χ0v) is 14.1. The maximum atomic E-state index is 12.2. The first kappa shape index (κ1) is 15.9. The van der Waals surface area contributed by atoms with Crippen molar-refractivity contribution in [2.24, 2.45) is 0 Å². The highest BCUT2D eigenvalue weighted by atomic mass is 16.6. The number of rotatable bonds is 4. The number of nitrogens with one attached hydrogen (secondary N) is 1. The van der Waals surface area contributed by atoms with E-state index in [-0.39, 0.29) is 18.0 Å². The number of carbonyl (C=O) groups excluding carboxylic acids is 1. The van der Waals surface area contributed by atoms with E-state index >= 15 is 0 Å². The van der Waals surface area contributed by atoms with Gasteiger partial charge < -0.3 is 19.7 Å². The Labute approximate surface area is 146 Å². The molecule has 0 spiro atoms.